The van der Waals surface area contributed by atoms with Crippen LogP contribution >= 0.6 is 11.6 Å². The largest absolute Gasteiger partial charge is 0.487 e. The average Bonchev–Trinajstić information content (AvgIpc) is 2.60. The van der Waals surface area contributed by atoms with Gasteiger partial charge in [0.15, 0.2) is 0 Å². The molecule has 0 aliphatic carbocycles. The zero-order valence-corrected chi connectivity index (χ0v) is 14.3. The summed E-state index contributed by atoms with van der Waals surface area (Å²) in [5.41, 5.74) is 3.23. The summed E-state index contributed by atoms with van der Waals surface area (Å²) in [5.74, 6) is -1.43. The number of carbonyl (C=O) groups is 1. The Kier molecular flexibility index (Phi) is 5.00. The molecule has 0 unspecified atom stereocenters. The van der Waals surface area contributed by atoms with Gasteiger partial charge in [0, 0.05) is 40.7 Å². The summed E-state index contributed by atoms with van der Waals surface area (Å²) < 4.78 is 43.3. The van der Waals surface area contributed by atoms with E-state index in [2.05, 4.69) is 14.7 Å². The van der Waals surface area contributed by atoms with Gasteiger partial charge in [-0.05, 0) is 36.4 Å². The normalized spacial score (nSPS) is 11.3. The number of primary amides is 1. The van der Waals surface area contributed by atoms with Crippen LogP contribution in [0.2, 0.25) is 0 Å². The second-order valence-electron chi connectivity index (χ2n) is 5.45. The number of rotatable bonds is 5. The molecule has 9 heteroatoms. The minimum Gasteiger partial charge on any atom is -0.420 e. The van der Waals surface area contributed by atoms with E-state index in [1.54, 1.807) is 0 Å². The van der Waals surface area contributed by atoms with Gasteiger partial charge in [-0.3, -0.25) is 14.8 Å². The summed E-state index contributed by atoms with van der Waals surface area (Å²) in [5, 5.41) is 0. The average molecular weight is 394 g/mol. The molecule has 3 rings (SSSR count). The maximum absolute atomic E-state index is 13.6. The van der Waals surface area contributed by atoms with Gasteiger partial charge in [-0.2, -0.15) is 0 Å². The van der Waals surface area contributed by atoms with Crippen LogP contribution in [0.15, 0.2) is 55.0 Å². The molecule has 1 aromatic carbocycles. The third-order valence-electron chi connectivity index (χ3n) is 3.55. The molecule has 3 aromatic rings. The maximum atomic E-state index is 13.6. The molecule has 0 fully saturated rings. The summed E-state index contributed by atoms with van der Waals surface area (Å²) >= 11 is 4.74. The van der Waals surface area contributed by atoms with E-state index in [1.165, 1.54) is 48.8 Å². The number of hydrogen-bond acceptors (Lipinski definition) is 4. The summed E-state index contributed by atoms with van der Waals surface area (Å²) in [6, 6.07) is 8.19. The highest BCUT2D eigenvalue weighted by Crippen LogP contribution is 2.33. The van der Waals surface area contributed by atoms with E-state index in [1.807, 2.05) is 0 Å². The van der Waals surface area contributed by atoms with Crippen molar-refractivity contribution in [3.05, 3.63) is 66.4 Å². The van der Waals surface area contributed by atoms with Crippen molar-refractivity contribution in [1.29, 1.82) is 0 Å². The number of aromatic nitrogens is 2. The van der Waals surface area contributed by atoms with Crippen LogP contribution < -0.4 is 10.5 Å². The van der Waals surface area contributed by atoms with Crippen molar-refractivity contribution in [3.8, 4) is 28.1 Å². The van der Waals surface area contributed by atoms with Gasteiger partial charge in [-0.15, -0.1) is 8.78 Å². The van der Waals surface area contributed by atoms with Gasteiger partial charge in [0.25, 0.3) is 0 Å². The van der Waals surface area contributed by atoms with Crippen LogP contribution in [0.1, 0.15) is 10.4 Å². The van der Waals surface area contributed by atoms with Crippen LogP contribution in [0.5, 0.6) is 5.75 Å². The van der Waals surface area contributed by atoms with Crippen LogP contribution in [0.25, 0.3) is 22.4 Å². The van der Waals surface area contributed by atoms with Crippen molar-refractivity contribution in [1.82, 2.24) is 9.97 Å². The Bertz CT molecular complexity index is 992. The Hall–Kier alpha value is -3.13. The van der Waals surface area contributed by atoms with E-state index in [0.717, 1.165) is 6.20 Å². The highest BCUT2D eigenvalue weighted by molar-refractivity contribution is 6.20. The van der Waals surface area contributed by atoms with Crippen molar-refractivity contribution in [2.45, 2.75) is 5.57 Å². The molecule has 0 spiro atoms. The summed E-state index contributed by atoms with van der Waals surface area (Å²) in [6.45, 7) is 0. The second kappa shape index (κ2) is 7.24. The number of nitrogens with two attached hydrogens (primary N) is 1. The maximum Gasteiger partial charge on any atom is 0.487 e. The molecule has 1 amide bonds. The first-order chi connectivity index (χ1) is 12.7. The fraction of sp³-hybridized carbons (Fsp3) is 0.0556. The molecule has 5 nitrogen and oxygen atoms in total. The van der Waals surface area contributed by atoms with Gasteiger partial charge in [-0.1, -0.05) is 0 Å². The molecule has 0 bridgehead atoms. The smallest absolute Gasteiger partial charge is 0.420 e. The number of benzene rings is 1. The monoisotopic (exact) mass is 393 g/mol. The molecule has 0 atom stereocenters. The first-order valence-corrected chi connectivity index (χ1v) is 7.88. The quantitative estimate of drug-likeness (QED) is 0.658. The van der Waals surface area contributed by atoms with Crippen LogP contribution in [0.3, 0.4) is 0 Å². The van der Waals surface area contributed by atoms with E-state index < -0.39 is 17.3 Å². The predicted octanol–water partition coefficient (Wildman–Crippen LogP) is 4.22. The lowest BCUT2D eigenvalue weighted by Gasteiger charge is -2.13. The van der Waals surface area contributed by atoms with Gasteiger partial charge >= 0.3 is 5.57 Å². The van der Waals surface area contributed by atoms with Crippen molar-refractivity contribution in [3.63, 3.8) is 0 Å². The molecule has 138 valence electrons. The number of halogens is 4. The molecule has 27 heavy (non-hydrogen) atoms. The summed E-state index contributed by atoms with van der Waals surface area (Å²) in [4.78, 5) is 19.5. The van der Waals surface area contributed by atoms with Gasteiger partial charge in [0.2, 0.25) is 5.91 Å². The highest BCUT2D eigenvalue weighted by Gasteiger charge is 2.27. The van der Waals surface area contributed by atoms with Crippen molar-refractivity contribution >= 4 is 17.5 Å². The van der Waals surface area contributed by atoms with Crippen molar-refractivity contribution < 1.29 is 22.7 Å². The topological polar surface area (TPSA) is 78.1 Å². The summed E-state index contributed by atoms with van der Waals surface area (Å²) in [7, 11) is 0. The number of nitrogens with zero attached hydrogens (tertiary/aromatic N) is 2. The molecule has 2 N–H and O–H groups in total. The number of pyridine rings is 2. The third-order valence-corrected chi connectivity index (χ3v) is 3.63. The molecular formula is C18H11ClF3N3O2. The fourth-order valence-corrected chi connectivity index (χ4v) is 2.51. The van der Waals surface area contributed by atoms with Gasteiger partial charge in [-0.25, -0.2) is 4.39 Å². The molecule has 0 saturated carbocycles. The second-order valence-corrected chi connectivity index (χ2v) is 5.89. The molecule has 0 radical (unpaired) electrons. The lowest BCUT2D eigenvalue weighted by Crippen LogP contribution is -2.15. The van der Waals surface area contributed by atoms with Crippen LogP contribution in [-0.2, 0) is 0 Å². The van der Waals surface area contributed by atoms with E-state index >= 15 is 0 Å². The van der Waals surface area contributed by atoms with Crippen LogP contribution in [0, 0.1) is 5.82 Å². The minimum atomic E-state index is -3.83. The van der Waals surface area contributed by atoms with Crippen LogP contribution in [0.4, 0.5) is 13.2 Å². The lowest BCUT2D eigenvalue weighted by molar-refractivity contribution is -0.0964. The van der Waals surface area contributed by atoms with Crippen LogP contribution in [-0.4, -0.2) is 21.4 Å². The van der Waals surface area contributed by atoms with E-state index in [9.17, 15) is 18.0 Å². The highest BCUT2D eigenvalue weighted by atomic mass is 35.5. The van der Waals surface area contributed by atoms with Crippen molar-refractivity contribution in [2.24, 2.45) is 5.73 Å². The fourth-order valence-electron chi connectivity index (χ4n) is 2.42. The predicted molar refractivity (Wildman–Crippen MR) is 92.8 cm³/mol. The SMILES string of the molecule is NC(=O)c1cnc(-c2ccc(OC(F)(F)Cl)cc2)c(-c2cncc(F)c2)c1. The Balaban J connectivity index is 2.08. The summed E-state index contributed by atoms with van der Waals surface area (Å²) in [6.07, 6.45) is 3.71. The lowest BCUT2D eigenvalue weighted by atomic mass is 9.98. The van der Waals surface area contributed by atoms with E-state index in [0.29, 0.717) is 22.4 Å². The molecule has 2 aromatic heterocycles. The van der Waals surface area contributed by atoms with Gasteiger partial charge < -0.3 is 10.5 Å². The number of alkyl halides is 3. The number of ether oxygens (including phenoxy) is 1. The standard InChI is InChI=1S/C18H11ClF3N3O2/c19-18(21,22)27-14-3-1-10(2-4-14)16-15(6-12(8-25-16)17(23)26)11-5-13(20)9-24-7-11/h1-9H,(H2,23,26). The molecular weight excluding hydrogens is 383 g/mol. The first kappa shape index (κ1) is 18.7. The zero-order valence-electron chi connectivity index (χ0n) is 13.5. The minimum absolute atomic E-state index is 0.125. The molecule has 0 aliphatic heterocycles. The van der Waals surface area contributed by atoms with Gasteiger partial charge in [0.05, 0.1) is 17.5 Å². The number of amides is 1. The number of carbonyl (C=O) groups excluding carboxylic acids is 1. The first-order valence-electron chi connectivity index (χ1n) is 7.50. The number of hydrogen-bond donors (Lipinski definition) is 1. The molecule has 2 heterocycles. The Morgan fingerprint density at radius 2 is 1.78 bits per heavy atom. The van der Waals surface area contributed by atoms with Crippen molar-refractivity contribution in [2.75, 3.05) is 0 Å². The van der Waals surface area contributed by atoms with E-state index in [-0.39, 0.29) is 11.3 Å². The van der Waals surface area contributed by atoms with E-state index in [4.69, 9.17) is 17.3 Å². The molecule has 0 aliphatic rings. The zero-order chi connectivity index (χ0) is 19.6. The Morgan fingerprint density at radius 3 is 2.37 bits per heavy atom. The van der Waals surface area contributed by atoms with Gasteiger partial charge in [0.1, 0.15) is 11.6 Å². The third kappa shape index (κ3) is 4.53. The Labute approximate surface area is 156 Å². The molecule has 0 saturated heterocycles. The Morgan fingerprint density at radius 1 is 1.07 bits per heavy atom.